The van der Waals surface area contributed by atoms with Crippen molar-refractivity contribution in [2.45, 2.75) is 49.7 Å². The van der Waals surface area contributed by atoms with Gasteiger partial charge in [-0.1, -0.05) is 66.7 Å². The molecular weight excluding hydrogens is 710 g/mol. The Balaban J connectivity index is 1.53. The van der Waals surface area contributed by atoms with Crippen molar-refractivity contribution in [2.24, 2.45) is 0 Å². The highest BCUT2D eigenvalue weighted by Gasteiger charge is 2.35. The van der Waals surface area contributed by atoms with Crippen molar-refractivity contribution in [3.8, 4) is 11.1 Å². The molecule has 12 heteroatoms. The zero-order valence-electron chi connectivity index (χ0n) is 42.8. The van der Waals surface area contributed by atoms with E-state index in [1.165, 1.54) is 59.5 Å². The maximum atomic E-state index is 15.4. The summed E-state index contributed by atoms with van der Waals surface area (Å²) >= 11 is 0.776. The van der Waals surface area contributed by atoms with Crippen molar-refractivity contribution in [2.75, 3.05) is 44.6 Å². The van der Waals surface area contributed by atoms with Crippen molar-refractivity contribution in [1.29, 1.82) is 0 Å². The third kappa shape index (κ3) is 8.95. The molecule has 0 spiro atoms. The van der Waals surface area contributed by atoms with Gasteiger partial charge in [-0.05, 0) is 66.7 Å². The second-order valence-electron chi connectivity index (χ2n) is 11.7. The van der Waals surface area contributed by atoms with Gasteiger partial charge in [0.05, 0.1) is 30.1 Å². The molecule has 280 valence electrons. The maximum absolute atomic E-state index is 15.4. The van der Waals surface area contributed by atoms with Crippen LogP contribution in [0, 0.1) is 11.6 Å². The number of amides is 1. The number of para-hydroxylation sites is 1. The first-order valence-electron chi connectivity index (χ1n) is 23.4. The minimum absolute atomic E-state index is 0.0309. The van der Waals surface area contributed by atoms with Crippen LogP contribution in [0.1, 0.15) is 74.6 Å². The highest BCUT2D eigenvalue weighted by molar-refractivity contribution is 8.02. The zero-order valence-corrected chi connectivity index (χ0v) is 28.7. The standard InChI is InChI=1S/C41H42F5N3O3S/c1-27(28-10-12-29(13-11-28)30-14-16-32(17-15-30)41(44,45)46)49(33-18-20-47(21-19-33)22-23-52-2)38(51)25-48-36-9-4-3-7-34(36)37(50)24-39(48)53-26-31-6-5-8-35(42)40(31)43/h3-17,24,27,33,37,50H,18-23,25-26H2,1-2H3/i2D3,18D2,19D2,20D2,21D2,22D2,27D,33D. The van der Waals surface area contributed by atoms with Gasteiger partial charge in [0.25, 0.3) is 0 Å². The van der Waals surface area contributed by atoms with E-state index in [1.54, 1.807) is 0 Å². The summed E-state index contributed by atoms with van der Waals surface area (Å²) in [6.07, 6.45) is -13.4. The maximum Gasteiger partial charge on any atom is 0.416 e. The second kappa shape index (κ2) is 16.8. The molecule has 0 saturated carbocycles. The van der Waals surface area contributed by atoms with Gasteiger partial charge in [0, 0.05) is 68.8 Å². The lowest BCUT2D eigenvalue weighted by molar-refractivity contribution is -0.137. The first kappa shape index (κ1) is 23.5. The zero-order chi connectivity index (χ0) is 51.0. The molecule has 2 unspecified atom stereocenters. The molecule has 53 heavy (non-hydrogen) atoms. The van der Waals surface area contributed by atoms with E-state index in [0.717, 1.165) is 61.2 Å². The van der Waals surface area contributed by atoms with E-state index in [9.17, 15) is 35.3 Å². The normalized spacial score (nSPS) is 27.0. The van der Waals surface area contributed by atoms with Gasteiger partial charge in [-0.3, -0.25) is 4.79 Å². The molecule has 0 aromatic heterocycles. The molecule has 2 heterocycles. The summed E-state index contributed by atoms with van der Waals surface area (Å²) in [5.41, 5.74) is -0.751. The number of hydrogen-bond donors (Lipinski definition) is 1. The molecular formula is C41H42F5N3O3S. The van der Waals surface area contributed by atoms with Crippen LogP contribution in [0.4, 0.5) is 27.6 Å². The number of ether oxygens (including phenoxy) is 1. The van der Waals surface area contributed by atoms with Crippen LogP contribution in [-0.4, -0.2) is 66.5 Å². The summed E-state index contributed by atoms with van der Waals surface area (Å²) in [5, 5.41) is 11.1. The Bertz CT molecular complexity index is 2540. The van der Waals surface area contributed by atoms with E-state index in [1.807, 2.05) is 0 Å². The Morgan fingerprint density at radius 3 is 2.42 bits per heavy atom. The number of benzene rings is 4. The fourth-order valence-corrected chi connectivity index (χ4v) is 6.72. The van der Waals surface area contributed by atoms with E-state index in [-0.39, 0.29) is 49.2 Å². The van der Waals surface area contributed by atoms with Gasteiger partial charge in [-0.2, -0.15) is 13.2 Å². The summed E-state index contributed by atoms with van der Waals surface area (Å²) in [5.74, 6) is -4.27. The van der Waals surface area contributed by atoms with Gasteiger partial charge in [-0.15, -0.1) is 11.8 Å². The van der Waals surface area contributed by atoms with Crippen molar-refractivity contribution in [3.63, 3.8) is 0 Å². The number of alkyl halides is 3. The van der Waals surface area contributed by atoms with Crippen LogP contribution in [0.5, 0.6) is 0 Å². The molecule has 2 aliphatic rings. The minimum atomic E-state index is -4.66. The molecule has 1 saturated heterocycles. The van der Waals surface area contributed by atoms with Crippen LogP contribution >= 0.6 is 11.8 Å². The van der Waals surface area contributed by atoms with Gasteiger partial charge >= 0.3 is 6.18 Å². The molecule has 1 N–H and O–H groups in total. The Morgan fingerprint density at radius 2 is 1.74 bits per heavy atom. The largest absolute Gasteiger partial charge is 0.416 e. The fraction of sp³-hybridized carbons (Fsp3) is 0.341. The summed E-state index contributed by atoms with van der Waals surface area (Å²) in [7, 11) is -3.36. The molecule has 6 rings (SSSR count). The third-order valence-electron chi connectivity index (χ3n) is 8.34. The number of thioether (sulfide) groups is 1. The Morgan fingerprint density at radius 1 is 1.06 bits per heavy atom. The predicted molar refractivity (Wildman–Crippen MR) is 198 cm³/mol. The van der Waals surface area contributed by atoms with Gasteiger partial charge in [-0.25, -0.2) is 8.78 Å². The number of carbonyl (C=O) groups is 1. The highest BCUT2D eigenvalue weighted by Crippen LogP contribution is 2.41. The van der Waals surface area contributed by atoms with Crippen molar-refractivity contribution in [3.05, 3.63) is 136 Å². The third-order valence-corrected chi connectivity index (χ3v) is 9.44. The average Bonchev–Trinajstić information content (AvgIpc) is 3.23. The van der Waals surface area contributed by atoms with Crippen molar-refractivity contribution in [1.82, 2.24) is 9.80 Å². The topological polar surface area (TPSA) is 56.2 Å². The quantitative estimate of drug-likeness (QED) is 0.145. The Labute approximate surface area is 331 Å². The molecule has 4 aromatic rings. The number of halogens is 5. The fourth-order valence-electron chi connectivity index (χ4n) is 5.65. The van der Waals surface area contributed by atoms with Crippen LogP contribution < -0.4 is 4.90 Å². The molecule has 4 aromatic carbocycles. The van der Waals surface area contributed by atoms with E-state index >= 15 is 4.79 Å². The lowest BCUT2D eigenvalue weighted by Crippen LogP contribution is -2.51. The number of likely N-dealkylation sites (tertiary alicyclic amines) is 1. The number of aliphatic hydroxyl groups is 1. The van der Waals surface area contributed by atoms with Crippen molar-refractivity contribution >= 4 is 23.4 Å². The molecule has 2 atom stereocenters. The number of hydrogen-bond acceptors (Lipinski definition) is 6. The number of nitrogens with zero attached hydrogens (tertiary/aromatic N) is 3. The van der Waals surface area contributed by atoms with E-state index < -0.39 is 105 Å². The number of carbonyl (C=O) groups excluding carboxylic acids is 1. The van der Waals surface area contributed by atoms with Gasteiger partial charge < -0.3 is 24.5 Å². The summed E-state index contributed by atoms with van der Waals surface area (Å²) < 4.78 is 206. The van der Waals surface area contributed by atoms with Crippen LogP contribution in [0.3, 0.4) is 0 Å². The SMILES string of the molecule is [2H]C([2H])([2H])OCC([2H])([2H])N1C([2H])([2H])C([2H])([2H])C([2H])(N(C(=O)CN2C(SCc3cccc(F)c3F)=CC(O)c3ccccc32)C([2H])(C)c2ccc(-c3ccc(C(F)(F)F)cc3)cc2)C([2H])([2H])C1([2H])[2H]. The molecule has 6 nitrogen and oxygen atoms in total. The Hall–Kier alpha value is -4.23. The van der Waals surface area contributed by atoms with Crippen LogP contribution in [0.2, 0.25) is 0 Å². The van der Waals surface area contributed by atoms with Crippen molar-refractivity contribution < 1.29 is 57.2 Å². The monoisotopic (exact) mass is 766 g/mol. The first-order valence-corrected chi connectivity index (χ1v) is 16.9. The lowest BCUT2D eigenvalue weighted by atomic mass is 9.96. The molecule has 0 bridgehead atoms. The molecule has 1 fully saturated rings. The van der Waals surface area contributed by atoms with Crippen LogP contribution in [0.15, 0.2) is 102 Å². The Kier molecular flexibility index (Phi) is 7.48. The smallest absolute Gasteiger partial charge is 0.384 e. The molecule has 2 aliphatic heterocycles. The number of aliphatic hydroxyl groups excluding tert-OH is 1. The second-order valence-corrected chi connectivity index (χ2v) is 12.7. The van der Waals surface area contributed by atoms with Crippen LogP contribution in [-0.2, 0) is 21.5 Å². The number of piperidine rings is 1. The highest BCUT2D eigenvalue weighted by atomic mass is 32.2. The molecule has 0 radical (unpaired) electrons. The van der Waals surface area contributed by atoms with E-state index in [2.05, 4.69) is 4.74 Å². The molecule has 0 aliphatic carbocycles. The van der Waals surface area contributed by atoms with E-state index in [4.69, 9.17) is 12.3 Å². The summed E-state index contributed by atoms with van der Waals surface area (Å²) in [4.78, 5) is 16.0. The number of anilines is 1. The van der Waals surface area contributed by atoms with Gasteiger partial charge in [0.2, 0.25) is 5.91 Å². The van der Waals surface area contributed by atoms with Crippen LogP contribution in [0.25, 0.3) is 11.1 Å². The average molecular weight is 767 g/mol. The number of fused-ring (bicyclic) bond motifs is 1. The van der Waals surface area contributed by atoms with Gasteiger partial charge in [0.1, 0.15) is 12.6 Å². The predicted octanol–water partition coefficient (Wildman–Crippen LogP) is 8.98. The van der Waals surface area contributed by atoms with Gasteiger partial charge in [0.15, 0.2) is 11.6 Å². The number of rotatable bonds is 12. The summed E-state index contributed by atoms with van der Waals surface area (Å²) in [6, 6.07) is 10.8. The summed E-state index contributed by atoms with van der Waals surface area (Å²) in [6.45, 7) is -14.1. The van der Waals surface area contributed by atoms with E-state index in [0.29, 0.717) is 0 Å². The number of methoxy groups -OCH3 is 1. The first-order chi connectivity index (χ1) is 31.1. The minimum Gasteiger partial charge on any atom is -0.384 e. The lowest BCUT2D eigenvalue weighted by Gasteiger charge is -2.43. The molecule has 1 amide bonds.